The molecule has 4 rings (SSSR count). The van der Waals surface area contributed by atoms with Crippen molar-refractivity contribution in [1.29, 1.82) is 0 Å². The molecule has 1 aromatic heterocycles. The Morgan fingerprint density at radius 2 is 1.90 bits per heavy atom. The second kappa shape index (κ2) is 9.81. The van der Waals surface area contributed by atoms with E-state index in [-0.39, 0.29) is 12.5 Å². The number of nitrogens with one attached hydrogen (secondary N) is 2. The molecule has 0 unspecified atom stereocenters. The first kappa shape index (κ1) is 21.2. The number of benzene rings is 2. The first-order chi connectivity index (χ1) is 15.1. The summed E-state index contributed by atoms with van der Waals surface area (Å²) < 4.78 is 5.53. The molecule has 3 aromatic rings. The molecule has 1 heterocycles. The average Bonchev–Trinajstić information content (AvgIpc) is 3.06. The van der Waals surface area contributed by atoms with Crippen LogP contribution in [0.25, 0.3) is 11.6 Å². The number of fused-ring (bicyclic) bond motifs is 1. The molecule has 0 radical (unpaired) electrons. The van der Waals surface area contributed by atoms with E-state index in [4.69, 9.17) is 16.3 Å². The smallest absolute Gasteiger partial charge is 0.394 e. The molecule has 6 nitrogen and oxygen atoms in total. The third kappa shape index (κ3) is 5.16. The number of carbonyl (C=O) groups is 1. The summed E-state index contributed by atoms with van der Waals surface area (Å²) in [6, 6.07) is 16.4. The lowest BCUT2D eigenvalue weighted by atomic mass is 10.0. The number of halogens is 1. The molecular formula is C24H24ClN3O3. The number of aromatic amines is 1. The Morgan fingerprint density at radius 3 is 2.65 bits per heavy atom. The minimum atomic E-state index is -0.648. The van der Waals surface area contributed by atoms with Gasteiger partial charge < -0.3 is 15.2 Å². The van der Waals surface area contributed by atoms with Crippen LogP contribution < -0.4 is 10.1 Å². The number of aliphatic hydroxyl groups excluding tert-OH is 1. The van der Waals surface area contributed by atoms with Gasteiger partial charge in [0.05, 0.1) is 18.3 Å². The van der Waals surface area contributed by atoms with Crippen LogP contribution in [0.4, 0.5) is 4.79 Å². The van der Waals surface area contributed by atoms with E-state index in [0.717, 1.165) is 53.6 Å². The van der Waals surface area contributed by atoms with Crippen molar-refractivity contribution < 1.29 is 14.6 Å². The summed E-state index contributed by atoms with van der Waals surface area (Å²) in [4.78, 5) is 12.5. The van der Waals surface area contributed by atoms with Gasteiger partial charge in [0.2, 0.25) is 5.88 Å². The van der Waals surface area contributed by atoms with Gasteiger partial charge in [-0.05, 0) is 60.6 Å². The van der Waals surface area contributed by atoms with Gasteiger partial charge in [-0.25, -0.2) is 4.79 Å². The third-order valence-corrected chi connectivity index (χ3v) is 5.60. The lowest BCUT2D eigenvalue weighted by Gasteiger charge is -2.16. The van der Waals surface area contributed by atoms with E-state index in [9.17, 15) is 9.90 Å². The largest absolute Gasteiger partial charge is 0.414 e. The van der Waals surface area contributed by atoms with Crippen LogP contribution in [0.1, 0.15) is 47.7 Å². The number of aliphatic hydroxyl groups is 1. The molecule has 0 aliphatic heterocycles. The van der Waals surface area contributed by atoms with Crippen LogP contribution in [0.5, 0.6) is 5.88 Å². The summed E-state index contributed by atoms with van der Waals surface area (Å²) in [6.07, 6.45) is 5.16. The maximum absolute atomic E-state index is 12.5. The molecule has 0 saturated carbocycles. The molecule has 1 aliphatic rings. The summed E-state index contributed by atoms with van der Waals surface area (Å²) in [5, 5.41) is 20.4. The highest BCUT2D eigenvalue weighted by Crippen LogP contribution is 2.34. The number of rotatable bonds is 5. The van der Waals surface area contributed by atoms with Gasteiger partial charge in [-0.15, -0.1) is 5.10 Å². The quantitative estimate of drug-likeness (QED) is 0.481. The predicted molar refractivity (Wildman–Crippen MR) is 121 cm³/mol. The molecule has 31 heavy (non-hydrogen) atoms. The number of H-pyrrole nitrogens is 1. The number of carbonyl (C=O) groups excluding carboxylic acids is 1. The number of aromatic nitrogens is 2. The van der Waals surface area contributed by atoms with E-state index < -0.39 is 12.1 Å². The van der Waals surface area contributed by atoms with E-state index in [1.807, 2.05) is 54.6 Å². The minimum Gasteiger partial charge on any atom is -0.394 e. The van der Waals surface area contributed by atoms with E-state index in [1.54, 1.807) is 0 Å². The van der Waals surface area contributed by atoms with Gasteiger partial charge in [-0.2, -0.15) is 0 Å². The van der Waals surface area contributed by atoms with Crippen molar-refractivity contribution in [3.8, 4) is 5.88 Å². The Balaban J connectivity index is 1.52. The summed E-state index contributed by atoms with van der Waals surface area (Å²) in [5.74, 6) is 0.279. The number of amides is 1. The maximum Gasteiger partial charge on any atom is 0.414 e. The average molecular weight is 438 g/mol. The normalized spacial score (nSPS) is 15.7. The second-order valence-electron chi connectivity index (χ2n) is 7.49. The Kier molecular flexibility index (Phi) is 6.70. The highest BCUT2D eigenvalue weighted by molar-refractivity contribution is 6.30. The van der Waals surface area contributed by atoms with E-state index in [0.29, 0.717) is 5.02 Å². The number of allylic oxidation sites excluding steroid dienone is 1. The van der Waals surface area contributed by atoms with Gasteiger partial charge in [0, 0.05) is 10.6 Å². The topological polar surface area (TPSA) is 87.2 Å². The number of nitrogens with zero attached hydrogens (tertiary/aromatic N) is 1. The molecule has 1 aliphatic carbocycles. The van der Waals surface area contributed by atoms with E-state index in [1.165, 1.54) is 0 Å². The lowest BCUT2D eigenvalue weighted by molar-refractivity contribution is 0.181. The Hall–Kier alpha value is -3.09. The van der Waals surface area contributed by atoms with Crippen LogP contribution in [-0.2, 0) is 6.42 Å². The highest BCUT2D eigenvalue weighted by atomic mass is 35.5. The van der Waals surface area contributed by atoms with Crippen molar-refractivity contribution >= 4 is 29.3 Å². The summed E-state index contributed by atoms with van der Waals surface area (Å²) >= 11 is 5.99. The maximum atomic E-state index is 12.5. The number of hydrogen-bond acceptors (Lipinski definition) is 4. The van der Waals surface area contributed by atoms with Crippen LogP contribution in [0.3, 0.4) is 0 Å². The van der Waals surface area contributed by atoms with Crippen LogP contribution in [0, 0.1) is 0 Å². The van der Waals surface area contributed by atoms with E-state index in [2.05, 4.69) is 21.6 Å². The molecule has 0 spiro atoms. The molecule has 1 atom stereocenters. The van der Waals surface area contributed by atoms with Crippen LogP contribution >= 0.6 is 11.6 Å². The van der Waals surface area contributed by atoms with Gasteiger partial charge in [-0.3, -0.25) is 5.10 Å². The van der Waals surface area contributed by atoms with Crippen molar-refractivity contribution in [2.45, 2.75) is 31.7 Å². The van der Waals surface area contributed by atoms with Crippen LogP contribution in [-0.4, -0.2) is 28.0 Å². The fourth-order valence-electron chi connectivity index (χ4n) is 3.76. The number of ether oxygens (including phenoxy) is 1. The number of hydrogen-bond donors (Lipinski definition) is 3. The molecule has 1 amide bonds. The van der Waals surface area contributed by atoms with Gasteiger partial charge in [0.1, 0.15) is 0 Å². The monoisotopic (exact) mass is 437 g/mol. The van der Waals surface area contributed by atoms with Crippen molar-refractivity contribution in [2.24, 2.45) is 0 Å². The van der Waals surface area contributed by atoms with Gasteiger partial charge in [0.15, 0.2) is 0 Å². The SMILES string of the molecule is O=C(N[C@@H](CO)c1ccccc1)Oc1n[nH]c2c1CCCC/C2=C\c1ccc(Cl)cc1. The van der Waals surface area contributed by atoms with Crippen LogP contribution in [0.2, 0.25) is 5.02 Å². The van der Waals surface area contributed by atoms with Crippen molar-refractivity contribution in [3.05, 3.63) is 82.0 Å². The summed E-state index contributed by atoms with van der Waals surface area (Å²) in [5.41, 5.74) is 4.77. The first-order valence-corrected chi connectivity index (χ1v) is 10.7. The van der Waals surface area contributed by atoms with Crippen LogP contribution in [0.15, 0.2) is 54.6 Å². The van der Waals surface area contributed by atoms with Gasteiger partial charge in [-0.1, -0.05) is 54.1 Å². The van der Waals surface area contributed by atoms with Crippen molar-refractivity contribution in [1.82, 2.24) is 15.5 Å². The minimum absolute atomic E-state index is 0.230. The fraction of sp³-hybridized carbons (Fsp3) is 0.250. The molecule has 0 bridgehead atoms. The summed E-state index contributed by atoms with van der Waals surface area (Å²) in [6.45, 7) is -0.230. The van der Waals surface area contributed by atoms with Gasteiger partial charge >= 0.3 is 6.09 Å². The van der Waals surface area contributed by atoms with Gasteiger partial charge in [0.25, 0.3) is 0 Å². The lowest BCUT2D eigenvalue weighted by Crippen LogP contribution is -2.33. The third-order valence-electron chi connectivity index (χ3n) is 5.35. The Morgan fingerprint density at radius 1 is 1.16 bits per heavy atom. The first-order valence-electron chi connectivity index (χ1n) is 10.3. The van der Waals surface area contributed by atoms with Crippen molar-refractivity contribution in [3.63, 3.8) is 0 Å². The van der Waals surface area contributed by atoms with E-state index >= 15 is 0 Å². The molecule has 160 valence electrons. The zero-order chi connectivity index (χ0) is 21.6. The molecule has 3 N–H and O–H groups in total. The predicted octanol–water partition coefficient (Wildman–Crippen LogP) is 5.15. The Labute approximate surface area is 185 Å². The zero-order valence-corrected chi connectivity index (χ0v) is 17.7. The highest BCUT2D eigenvalue weighted by Gasteiger charge is 2.23. The molecule has 2 aromatic carbocycles. The fourth-order valence-corrected chi connectivity index (χ4v) is 3.88. The summed E-state index contributed by atoms with van der Waals surface area (Å²) in [7, 11) is 0. The molecule has 7 heteroatoms. The molecule has 0 saturated heterocycles. The standard InChI is InChI=1S/C24H24ClN3O3/c25-19-12-10-16(11-13-19)14-18-8-4-5-9-20-22(18)27-28-23(20)31-24(30)26-21(15-29)17-6-2-1-3-7-17/h1-3,6-7,10-14,21,29H,4-5,8-9,15H2,(H,26,30)(H,27,28)/b18-14+/t21-/m0/s1. The molecule has 0 fully saturated rings. The molecular weight excluding hydrogens is 414 g/mol. The zero-order valence-electron chi connectivity index (χ0n) is 17.0. The second-order valence-corrected chi connectivity index (χ2v) is 7.93. The van der Waals surface area contributed by atoms with Crippen molar-refractivity contribution in [2.75, 3.05) is 6.61 Å². The Bertz CT molecular complexity index is 1060.